The smallest absolute Gasteiger partial charge is 0.508 e. The third-order valence-electron chi connectivity index (χ3n) is 6.39. The maximum Gasteiger partial charge on any atom is 0.573 e. The topological polar surface area (TPSA) is 89.1 Å². The molecule has 0 saturated carbocycles. The van der Waals surface area contributed by atoms with E-state index in [9.17, 15) is 27.9 Å². The quantitative estimate of drug-likeness (QED) is 0.536. The number of amides is 3. The normalized spacial score (nSPS) is 20.1. The number of benzene rings is 2. The van der Waals surface area contributed by atoms with Crippen molar-refractivity contribution in [1.82, 2.24) is 19.7 Å². The van der Waals surface area contributed by atoms with Gasteiger partial charge in [0.25, 0.3) is 5.91 Å². The Hall–Kier alpha value is -3.73. The first-order valence-corrected chi connectivity index (χ1v) is 11.0. The van der Waals surface area contributed by atoms with Crippen LogP contribution in [0, 0.1) is 0 Å². The fourth-order valence-corrected chi connectivity index (χ4v) is 4.90. The van der Waals surface area contributed by atoms with Crippen LogP contribution in [0.5, 0.6) is 11.5 Å². The number of nitrogens with one attached hydrogen (secondary N) is 1. The Balaban J connectivity index is 1.64. The standard InChI is InChI=1S/C24H23F3N4O4/c1-29(2)8-9-30-22(33)19-12-17-16-11-15(35-24(25,26)27)6-7-18(16)28-20(17)21(31(19)23(30)34)13-4-3-5-14(32)10-13/h3-7,10-11,19,21,28,32H,8-9,12H2,1-2H3. The van der Waals surface area contributed by atoms with E-state index in [1.54, 1.807) is 12.1 Å². The number of carbonyl (C=O) groups excluding carboxylic acids is 2. The minimum atomic E-state index is -4.84. The molecule has 3 amide bonds. The number of alkyl halides is 3. The molecule has 1 saturated heterocycles. The minimum absolute atomic E-state index is 0.00872. The molecule has 1 fully saturated rings. The molecule has 1 aromatic heterocycles. The van der Waals surface area contributed by atoms with Crippen molar-refractivity contribution in [2.24, 2.45) is 0 Å². The number of aromatic amines is 1. The second-order valence-corrected chi connectivity index (χ2v) is 8.97. The molecule has 0 spiro atoms. The van der Waals surface area contributed by atoms with E-state index in [1.165, 1.54) is 40.1 Å². The number of phenolic OH excluding ortho intramolecular Hbond substituents is 1. The lowest BCUT2D eigenvalue weighted by atomic mass is 9.89. The van der Waals surface area contributed by atoms with Crippen molar-refractivity contribution < 1.29 is 32.6 Å². The van der Waals surface area contributed by atoms with Crippen LogP contribution in [0.2, 0.25) is 0 Å². The third kappa shape index (κ3) is 4.05. The van der Waals surface area contributed by atoms with Gasteiger partial charge in [-0.2, -0.15) is 0 Å². The van der Waals surface area contributed by atoms with Gasteiger partial charge >= 0.3 is 12.4 Å². The molecule has 2 aliphatic heterocycles. The number of fused-ring (bicyclic) bond motifs is 4. The van der Waals surface area contributed by atoms with Crippen LogP contribution in [0.4, 0.5) is 18.0 Å². The van der Waals surface area contributed by atoms with Crippen LogP contribution in [-0.2, 0) is 11.2 Å². The molecule has 35 heavy (non-hydrogen) atoms. The number of likely N-dealkylation sites (N-methyl/N-ethyl adjacent to an activating group) is 1. The van der Waals surface area contributed by atoms with Gasteiger partial charge in [-0.1, -0.05) is 12.1 Å². The lowest BCUT2D eigenvalue weighted by Gasteiger charge is -2.36. The van der Waals surface area contributed by atoms with Crippen molar-refractivity contribution in [3.8, 4) is 11.5 Å². The molecule has 0 bridgehead atoms. The zero-order valence-electron chi connectivity index (χ0n) is 19.0. The van der Waals surface area contributed by atoms with Crippen molar-refractivity contribution in [2.75, 3.05) is 27.2 Å². The summed E-state index contributed by atoms with van der Waals surface area (Å²) >= 11 is 0. The highest BCUT2D eigenvalue weighted by Crippen LogP contribution is 2.45. The lowest BCUT2D eigenvalue weighted by Crippen LogP contribution is -2.44. The molecule has 3 heterocycles. The van der Waals surface area contributed by atoms with Gasteiger partial charge in [-0.15, -0.1) is 13.2 Å². The van der Waals surface area contributed by atoms with Gasteiger partial charge in [0.05, 0.1) is 0 Å². The number of phenols is 1. The van der Waals surface area contributed by atoms with Gasteiger partial charge in [0, 0.05) is 36.1 Å². The average molecular weight is 488 g/mol. The molecule has 0 radical (unpaired) electrons. The largest absolute Gasteiger partial charge is 0.573 e. The molecule has 11 heteroatoms. The summed E-state index contributed by atoms with van der Waals surface area (Å²) < 4.78 is 42.6. The highest BCUT2D eigenvalue weighted by atomic mass is 19.4. The van der Waals surface area contributed by atoms with Crippen molar-refractivity contribution in [3.63, 3.8) is 0 Å². The van der Waals surface area contributed by atoms with Gasteiger partial charge in [0.15, 0.2) is 0 Å². The summed E-state index contributed by atoms with van der Waals surface area (Å²) in [5.41, 5.74) is 2.35. The van der Waals surface area contributed by atoms with E-state index >= 15 is 0 Å². The second-order valence-electron chi connectivity index (χ2n) is 8.97. The fourth-order valence-electron chi connectivity index (χ4n) is 4.90. The maximum absolute atomic E-state index is 13.5. The molecule has 2 atom stereocenters. The first-order valence-electron chi connectivity index (χ1n) is 11.0. The zero-order valence-corrected chi connectivity index (χ0v) is 19.0. The summed E-state index contributed by atoms with van der Waals surface area (Å²) in [5.74, 6) is -0.736. The minimum Gasteiger partial charge on any atom is -0.508 e. The highest BCUT2D eigenvalue weighted by molar-refractivity contribution is 6.05. The van der Waals surface area contributed by atoms with E-state index in [-0.39, 0.29) is 30.4 Å². The number of imide groups is 1. The van der Waals surface area contributed by atoms with Crippen LogP contribution < -0.4 is 4.74 Å². The van der Waals surface area contributed by atoms with Crippen LogP contribution in [0.25, 0.3) is 10.9 Å². The van der Waals surface area contributed by atoms with Crippen molar-refractivity contribution in [3.05, 3.63) is 59.3 Å². The molecule has 0 aliphatic carbocycles. The number of urea groups is 1. The number of aromatic nitrogens is 1. The zero-order chi connectivity index (χ0) is 25.1. The van der Waals surface area contributed by atoms with E-state index in [4.69, 9.17) is 0 Å². The molecule has 8 nitrogen and oxygen atoms in total. The summed E-state index contributed by atoms with van der Waals surface area (Å²) in [5, 5.41) is 10.6. The van der Waals surface area contributed by atoms with E-state index in [2.05, 4.69) is 9.72 Å². The van der Waals surface area contributed by atoms with Crippen LogP contribution in [0.1, 0.15) is 22.9 Å². The number of nitrogens with zero attached hydrogens (tertiary/aromatic N) is 3. The number of H-pyrrole nitrogens is 1. The van der Waals surface area contributed by atoms with Gasteiger partial charge in [-0.25, -0.2) is 4.79 Å². The Labute approximate surface area is 198 Å². The number of halogens is 3. The number of ether oxygens (including phenoxy) is 1. The summed E-state index contributed by atoms with van der Waals surface area (Å²) in [6.07, 6.45) is -4.70. The van der Waals surface area contributed by atoms with Gasteiger partial charge in [0.1, 0.15) is 23.6 Å². The van der Waals surface area contributed by atoms with Crippen LogP contribution in [0.3, 0.4) is 0 Å². The van der Waals surface area contributed by atoms with Crippen molar-refractivity contribution in [1.29, 1.82) is 0 Å². The Kier molecular flexibility index (Phi) is 5.39. The number of rotatable bonds is 5. The average Bonchev–Trinajstić information content (AvgIpc) is 3.24. The molecular weight excluding hydrogens is 465 g/mol. The highest BCUT2D eigenvalue weighted by Gasteiger charge is 2.52. The molecule has 3 aromatic rings. The van der Waals surface area contributed by atoms with Crippen LogP contribution >= 0.6 is 0 Å². The van der Waals surface area contributed by atoms with Crippen LogP contribution in [-0.4, -0.2) is 76.3 Å². The molecule has 5 rings (SSSR count). The van der Waals surface area contributed by atoms with Gasteiger partial charge in [0.2, 0.25) is 0 Å². The first-order chi connectivity index (χ1) is 16.5. The predicted octanol–water partition coefficient (Wildman–Crippen LogP) is 3.61. The SMILES string of the molecule is CN(C)CCN1C(=O)C2Cc3c([nH]c4ccc(OC(F)(F)F)cc34)C(c3cccc(O)c3)N2C1=O. The monoisotopic (exact) mass is 488 g/mol. The Morgan fingerprint density at radius 2 is 1.94 bits per heavy atom. The maximum atomic E-state index is 13.5. The summed E-state index contributed by atoms with van der Waals surface area (Å²) in [6.45, 7) is 0.698. The van der Waals surface area contributed by atoms with Gasteiger partial charge in [-0.3, -0.25) is 14.6 Å². The van der Waals surface area contributed by atoms with Crippen LogP contribution in [0.15, 0.2) is 42.5 Å². The van der Waals surface area contributed by atoms with Crippen molar-refractivity contribution >= 4 is 22.8 Å². The molecule has 2 aliphatic rings. The fraction of sp³-hybridized carbons (Fsp3) is 0.333. The van der Waals surface area contributed by atoms with E-state index < -0.39 is 24.5 Å². The van der Waals surface area contributed by atoms with E-state index in [1.807, 2.05) is 19.0 Å². The summed E-state index contributed by atoms with van der Waals surface area (Å²) in [6, 6.07) is 8.36. The van der Waals surface area contributed by atoms with E-state index in [0.717, 1.165) is 0 Å². The lowest BCUT2D eigenvalue weighted by molar-refractivity contribution is -0.274. The molecule has 2 unspecified atom stereocenters. The van der Waals surface area contributed by atoms with Gasteiger partial charge < -0.3 is 19.7 Å². The molecule has 2 N–H and O–H groups in total. The Bertz CT molecular complexity index is 1320. The molecule has 184 valence electrons. The van der Waals surface area contributed by atoms with E-state index in [0.29, 0.717) is 34.3 Å². The summed E-state index contributed by atoms with van der Waals surface area (Å²) in [4.78, 5) is 34.6. The van der Waals surface area contributed by atoms with Gasteiger partial charge in [-0.05, 0) is 55.6 Å². The second kappa shape index (κ2) is 8.19. The third-order valence-corrected chi connectivity index (χ3v) is 6.39. The number of hydrogen-bond donors (Lipinski definition) is 2. The molecular formula is C24H23F3N4O4. The molecule has 2 aromatic carbocycles. The number of aromatic hydroxyl groups is 1. The first kappa shape index (κ1) is 23.0. The summed E-state index contributed by atoms with van der Waals surface area (Å²) in [7, 11) is 3.68. The number of carbonyl (C=O) groups is 2. The Morgan fingerprint density at radius 3 is 2.63 bits per heavy atom. The Morgan fingerprint density at radius 1 is 1.17 bits per heavy atom. The number of hydrogen-bond acceptors (Lipinski definition) is 5. The predicted molar refractivity (Wildman–Crippen MR) is 120 cm³/mol. The van der Waals surface area contributed by atoms with Crippen molar-refractivity contribution in [2.45, 2.75) is 24.9 Å².